The van der Waals surface area contributed by atoms with E-state index >= 15 is 0 Å². The Morgan fingerprint density at radius 1 is 0.857 bits per heavy atom. The Labute approximate surface area is 164 Å². The highest BCUT2D eigenvalue weighted by atomic mass is 16.4. The van der Waals surface area contributed by atoms with E-state index in [0.29, 0.717) is 17.7 Å². The van der Waals surface area contributed by atoms with Gasteiger partial charge >= 0.3 is 0 Å². The van der Waals surface area contributed by atoms with E-state index in [-0.39, 0.29) is 11.7 Å². The maximum Gasteiger partial charge on any atom is 0.265 e. The van der Waals surface area contributed by atoms with Crippen LogP contribution in [0, 0.1) is 0 Å². The third kappa shape index (κ3) is 4.34. The summed E-state index contributed by atoms with van der Waals surface area (Å²) in [5, 5.41) is 0. The summed E-state index contributed by atoms with van der Waals surface area (Å²) in [6.07, 6.45) is 6.19. The van der Waals surface area contributed by atoms with Gasteiger partial charge in [-0.1, -0.05) is 67.1 Å². The molecule has 0 spiro atoms. The molecule has 0 aliphatic rings. The lowest BCUT2D eigenvalue weighted by molar-refractivity contribution is 0.0947. The van der Waals surface area contributed by atoms with E-state index in [1.807, 2.05) is 42.5 Å². The van der Waals surface area contributed by atoms with Crippen molar-refractivity contribution in [3.8, 4) is 11.1 Å². The first-order valence-electron chi connectivity index (χ1n) is 9.69. The molecule has 2 aromatic carbocycles. The fourth-order valence-electron chi connectivity index (χ4n) is 3.27. The van der Waals surface area contributed by atoms with Crippen LogP contribution >= 0.6 is 0 Å². The van der Waals surface area contributed by atoms with Gasteiger partial charge in [0.15, 0.2) is 11.2 Å². The van der Waals surface area contributed by atoms with Gasteiger partial charge in [0.2, 0.25) is 5.78 Å². The first kappa shape index (κ1) is 18.1. The standard InChI is InChI=1S/C24H22N2O2/c27-21(15-9-2-6-12-18-10-4-1-5-11-18)24-26-23-22(28-24)16-20(17-25-23)19-13-7-3-8-14-19/h1,3-5,7-8,10-11,13-14,16-17H,2,6,9,12,15H2. The number of pyridine rings is 1. The molecule has 0 fully saturated rings. The molecule has 28 heavy (non-hydrogen) atoms. The van der Waals surface area contributed by atoms with Gasteiger partial charge in [-0.05, 0) is 36.5 Å². The fourth-order valence-corrected chi connectivity index (χ4v) is 3.27. The third-order valence-corrected chi connectivity index (χ3v) is 4.80. The number of fused-ring (bicyclic) bond motifs is 1. The highest BCUT2D eigenvalue weighted by molar-refractivity contribution is 5.93. The summed E-state index contributed by atoms with van der Waals surface area (Å²) in [5.41, 5.74) is 4.37. The SMILES string of the molecule is O=C(CCCCCc1ccccc1)c1nc2ncc(-c3ccccc3)cc2o1. The van der Waals surface area contributed by atoms with Crippen LogP contribution in [0.2, 0.25) is 0 Å². The van der Waals surface area contributed by atoms with Crippen molar-refractivity contribution in [1.82, 2.24) is 9.97 Å². The molecule has 2 heterocycles. The summed E-state index contributed by atoms with van der Waals surface area (Å²) in [6.45, 7) is 0. The zero-order valence-electron chi connectivity index (χ0n) is 15.7. The van der Waals surface area contributed by atoms with Crippen molar-refractivity contribution in [1.29, 1.82) is 0 Å². The number of Topliss-reactive ketones (excluding diaryl/α,β-unsaturated/α-hetero) is 1. The Bertz CT molecular complexity index is 1060. The van der Waals surface area contributed by atoms with Crippen LogP contribution in [0.1, 0.15) is 41.9 Å². The Balaban J connectivity index is 1.34. The number of aryl methyl sites for hydroxylation is 1. The van der Waals surface area contributed by atoms with Crippen molar-refractivity contribution in [3.63, 3.8) is 0 Å². The number of carbonyl (C=O) groups excluding carboxylic acids is 1. The quantitative estimate of drug-likeness (QED) is 0.287. The van der Waals surface area contributed by atoms with Gasteiger partial charge in [0, 0.05) is 18.2 Å². The summed E-state index contributed by atoms with van der Waals surface area (Å²) in [7, 11) is 0. The number of aromatic nitrogens is 2. The van der Waals surface area contributed by atoms with Crippen molar-refractivity contribution in [3.05, 3.63) is 84.4 Å². The molecule has 0 atom stereocenters. The van der Waals surface area contributed by atoms with E-state index in [4.69, 9.17) is 4.42 Å². The van der Waals surface area contributed by atoms with E-state index in [0.717, 1.165) is 36.8 Å². The minimum Gasteiger partial charge on any atom is -0.432 e. The monoisotopic (exact) mass is 370 g/mol. The molecule has 2 aromatic heterocycles. The van der Waals surface area contributed by atoms with Crippen LogP contribution in [-0.4, -0.2) is 15.8 Å². The zero-order valence-corrected chi connectivity index (χ0v) is 15.7. The molecule has 0 saturated heterocycles. The molecule has 0 aliphatic heterocycles. The van der Waals surface area contributed by atoms with Crippen LogP contribution in [0.4, 0.5) is 0 Å². The Hall–Kier alpha value is -3.27. The number of hydrogen-bond acceptors (Lipinski definition) is 4. The van der Waals surface area contributed by atoms with Crippen molar-refractivity contribution in [2.45, 2.75) is 32.1 Å². The summed E-state index contributed by atoms with van der Waals surface area (Å²) in [5.74, 6) is 0.106. The summed E-state index contributed by atoms with van der Waals surface area (Å²) in [4.78, 5) is 21.0. The maximum absolute atomic E-state index is 12.4. The average Bonchev–Trinajstić information content (AvgIpc) is 3.18. The lowest BCUT2D eigenvalue weighted by Crippen LogP contribution is -1.99. The number of unbranched alkanes of at least 4 members (excludes halogenated alkanes) is 2. The minimum atomic E-state index is -0.0565. The lowest BCUT2D eigenvalue weighted by Gasteiger charge is -2.01. The first-order valence-corrected chi connectivity index (χ1v) is 9.69. The number of oxazole rings is 1. The van der Waals surface area contributed by atoms with Gasteiger partial charge in [0.25, 0.3) is 5.89 Å². The Morgan fingerprint density at radius 2 is 1.61 bits per heavy atom. The highest BCUT2D eigenvalue weighted by Crippen LogP contribution is 2.23. The number of carbonyl (C=O) groups is 1. The molecule has 0 saturated carbocycles. The van der Waals surface area contributed by atoms with E-state index in [1.165, 1.54) is 5.56 Å². The van der Waals surface area contributed by atoms with E-state index < -0.39 is 0 Å². The fraction of sp³-hybridized carbons (Fsp3) is 0.208. The number of benzene rings is 2. The van der Waals surface area contributed by atoms with Crippen molar-refractivity contribution in [2.75, 3.05) is 0 Å². The van der Waals surface area contributed by atoms with E-state index in [9.17, 15) is 4.79 Å². The first-order chi connectivity index (χ1) is 13.8. The van der Waals surface area contributed by atoms with Crippen LogP contribution in [0.5, 0.6) is 0 Å². The molecule has 4 heteroatoms. The topological polar surface area (TPSA) is 56.0 Å². The zero-order chi connectivity index (χ0) is 19.2. The molecule has 0 amide bonds. The van der Waals surface area contributed by atoms with Crippen LogP contribution < -0.4 is 0 Å². The van der Waals surface area contributed by atoms with Gasteiger partial charge < -0.3 is 4.42 Å². The van der Waals surface area contributed by atoms with Crippen LogP contribution in [-0.2, 0) is 6.42 Å². The van der Waals surface area contributed by atoms with Crippen LogP contribution in [0.3, 0.4) is 0 Å². The average molecular weight is 370 g/mol. The van der Waals surface area contributed by atoms with Gasteiger partial charge in [-0.25, -0.2) is 4.98 Å². The van der Waals surface area contributed by atoms with Crippen molar-refractivity contribution in [2.24, 2.45) is 0 Å². The smallest absolute Gasteiger partial charge is 0.265 e. The number of rotatable bonds is 8. The van der Waals surface area contributed by atoms with Gasteiger partial charge in [-0.2, -0.15) is 4.98 Å². The van der Waals surface area contributed by atoms with Crippen LogP contribution in [0.25, 0.3) is 22.4 Å². The number of hydrogen-bond donors (Lipinski definition) is 0. The molecule has 0 unspecified atom stereocenters. The molecular formula is C24H22N2O2. The molecule has 4 nitrogen and oxygen atoms in total. The summed E-state index contributed by atoms with van der Waals surface area (Å²) in [6, 6.07) is 22.3. The molecule has 4 aromatic rings. The second-order valence-corrected chi connectivity index (χ2v) is 6.90. The number of nitrogens with zero attached hydrogens (tertiary/aromatic N) is 2. The van der Waals surface area contributed by atoms with Gasteiger partial charge in [0.05, 0.1) is 0 Å². The van der Waals surface area contributed by atoms with Gasteiger partial charge in [-0.3, -0.25) is 4.79 Å². The van der Waals surface area contributed by atoms with Crippen molar-refractivity contribution >= 4 is 17.0 Å². The molecular weight excluding hydrogens is 348 g/mol. The maximum atomic E-state index is 12.4. The van der Waals surface area contributed by atoms with Crippen LogP contribution in [0.15, 0.2) is 77.3 Å². The van der Waals surface area contributed by atoms with E-state index in [1.54, 1.807) is 6.20 Å². The second-order valence-electron chi connectivity index (χ2n) is 6.90. The normalized spacial score (nSPS) is 11.0. The largest absolute Gasteiger partial charge is 0.432 e. The predicted molar refractivity (Wildman–Crippen MR) is 110 cm³/mol. The second kappa shape index (κ2) is 8.61. The van der Waals surface area contributed by atoms with Gasteiger partial charge in [0.1, 0.15) is 0 Å². The molecule has 0 bridgehead atoms. The summed E-state index contributed by atoms with van der Waals surface area (Å²) >= 11 is 0. The molecule has 0 radical (unpaired) electrons. The Kier molecular flexibility index (Phi) is 5.57. The van der Waals surface area contributed by atoms with Crippen molar-refractivity contribution < 1.29 is 9.21 Å². The van der Waals surface area contributed by atoms with E-state index in [2.05, 4.69) is 34.2 Å². The third-order valence-electron chi connectivity index (χ3n) is 4.80. The molecule has 0 N–H and O–H groups in total. The molecule has 0 aliphatic carbocycles. The minimum absolute atomic E-state index is 0.0565. The Morgan fingerprint density at radius 3 is 2.39 bits per heavy atom. The van der Waals surface area contributed by atoms with Gasteiger partial charge in [-0.15, -0.1) is 0 Å². The molecule has 4 rings (SSSR count). The lowest BCUT2D eigenvalue weighted by atomic mass is 10.1. The highest BCUT2D eigenvalue weighted by Gasteiger charge is 2.15. The summed E-state index contributed by atoms with van der Waals surface area (Å²) < 4.78 is 5.70. The predicted octanol–water partition coefficient (Wildman–Crippen LogP) is 5.88. The number of ketones is 1. The molecule has 140 valence electrons.